The second-order valence-electron chi connectivity index (χ2n) is 3.39. The van der Waals surface area contributed by atoms with Crippen molar-refractivity contribution in [1.82, 2.24) is 4.90 Å². The topological polar surface area (TPSA) is 77.2 Å². The number of nitrogens with one attached hydrogen (secondary N) is 2. The molecule has 1 fully saturated rings. The van der Waals surface area contributed by atoms with E-state index in [9.17, 15) is 4.79 Å². The Bertz CT molecular complexity index is 265. The molecule has 5 nitrogen and oxygen atoms in total. The van der Waals surface area contributed by atoms with Gasteiger partial charge in [0.25, 0.3) is 0 Å². The Morgan fingerprint density at radius 3 is 2.47 bits per heavy atom. The maximum atomic E-state index is 9.93. The van der Waals surface area contributed by atoms with Crippen LogP contribution in [0.2, 0.25) is 0 Å². The highest BCUT2D eigenvalue weighted by Gasteiger charge is 2.06. The molecule has 1 rings (SSSR count). The Labute approximate surface area is 106 Å². The molecule has 0 aromatic heterocycles. The highest BCUT2D eigenvalue weighted by molar-refractivity contribution is 8.16. The van der Waals surface area contributed by atoms with E-state index in [-0.39, 0.29) is 6.10 Å². The first-order chi connectivity index (χ1) is 8.15. The molecule has 1 aliphatic heterocycles. The summed E-state index contributed by atoms with van der Waals surface area (Å²) in [5, 5.41) is 15.8. The first kappa shape index (κ1) is 15.7. The smallest absolute Gasteiger partial charge is 0.209 e. The van der Waals surface area contributed by atoms with Crippen LogP contribution < -0.4 is 0 Å². The van der Waals surface area contributed by atoms with Gasteiger partial charge < -0.3 is 9.64 Å². The van der Waals surface area contributed by atoms with Gasteiger partial charge in [-0.3, -0.25) is 15.6 Å². The predicted octanol–water partition coefficient (Wildman–Crippen LogP) is 2.09. The molecule has 0 bridgehead atoms. The molecule has 0 radical (unpaired) electrons. The van der Waals surface area contributed by atoms with Crippen LogP contribution in [0, 0.1) is 10.8 Å². The average Bonchev–Trinajstić information content (AvgIpc) is 2.83. The number of amides is 1. The summed E-state index contributed by atoms with van der Waals surface area (Å²) in [5.41, 5.74) is 0. The van der Waals surface area contributed by atoms with Gasteiger partial charge in [0.15, 0.2) is 6.40 Å². The minimum atomic E-state index is -0.333. The van der Waals surface area contributed by atoms with E-state index >= 15 is 0 Å². The summed E-state index contributed by atoms with van der Waals surface area (Å²) < 4.78 is 4.70. The number of ether oxygens (including phenoxy) is 1. The number of carbonyl (C=O) groups is 1. The van der Waals surface area contributed by atoms with E-state index < -0.39 is 0 Å². The minimum Gasteiger partial charge on any atom is -0.474 e. The number of hydrogen-bond donors (Lipinski definition) is 2. The largest absolute Gasteiger partial charge is 0.474 e. The summed E-state index contributed by atoms with van der Waals surface area (Å²) in [7, 11) is 0. The van der Waals surface area contributed by atoms with Crippen molar-refractivity contribution < 1.29 is 9.53 Å². The Morgan fingerprint density at radius 1 is 1.53 bits per heavy atom. The van der Waals surface area contributed by atoms with Gasteiger partial charge in [0.05, 0.1) is 0 Å². The molecule has 0 aromatic rings. The van der Waals surface area contributed by atoms with Gasteiger partial charge in [-0.2, -0.15) is 0 Å². The molecule has 0 aliphatic carbocycles. The quantitative estimate of drug-likeness (QED) is 0.450. The molecule has 2 N–H and O–H groups in total. The summed E-state index contributed by atoms with van der Waals surface area (Å²) in [6.45, 7) is 7.12. The third-order valence-corrected chi connectivity index (χ3v) is 2.89. The fourth-order valence-electron chi connectivity index (χ4n) is 1.20. The number of rotatable bonds is 5. The summed E-state index contributed by atoms with van der Waals surface area (Å²) in [6.07, 6.45) is 3.81. The molecule has 6 heteroatoms. The fraction of sp³-hybridized carbons (Fsp3) is 0.545. The molecule has 0 spiro atoms. The van der Waals surface area contributed by atoms with E-state index in [0.29, 0.717) is 5.04 Å². The zero-order chi connectivity index (χ0) is 13.1. The van der Waals surface area contributed by atoms with Crippen LogP contribution >= 0.6 is 11.8 Å². The van der Waals surface area contributed by atoms with Gasteiger partial charge in [-0.15, -0.1) is 0 Å². The van der Waals surface area contributed by atoms with Crippen LogP contribution in [0.1, 0.15) is 19.8 Å². The van der Waals surface area contributed by atoms with Gasteiger partial charge in [0.2, 0.25) is 6.41 Å². The zero-order valence-corrected chi connectivity index (χ0v) is 10.8. The highest BCUT2D eigenvalue weighted by Crippen LogP contribution is 2.07. The Hall–Kier alpha value is -1.30. The summed E-state index contributed by atoms with van der Waals surface area (Å²) in [5.74, 6) is 0. The van der Waals surface area contributed by atoms with Crippen molar-refractivity contribution in [3.8, 4) is 0 Å². The van der Waals surface area contributed by atoms with E-state index in [1.54, 1.807) is 17.2 Å². The van der Waals surface area contributed by atoms with Crippen molar-refractivity contribution in [3.63, 3.8) is 0 Å². The van der Waals surface area contributed by atoms with Crippen molar-refractivity contribution in [3.05, 3.63) is 12.0 Å². The lowest BCUT2D eigenvalue weighted by molar-refractivity contribution is -0.117. The molecule has 0 aromatic carbocycles. The van der Waals surface area contributed by atoms with Crippen LogP contribution in [0.4, 0.5) is 0 Å². The monoisotopic (exact) mass is 257 g/mol. The first-order valence-electron chi connectivity index (χ1n) is 5.35. The second-order valence-corrected chi connectivity index (χ2v) is 4.40. The van der Waals surface area contributed by atoms with Gasteiger partial charge >= 0.3 is 0 Å². The molecule has 1 aliphatic rings. The molecule has 1 amide bonds. The van der Waals surface area contributed by atoms with E-state index in [4.69, 9.17) is 15.6 Å². The molecule has 0 saturated carbocycles. The fourth-order valence-corrected chi connectivity index (χ4v) is 1.62. The molecule has 1 unspecified atom stereocenters. The standard InChI is InChI=1S/C6H10N2OS.C5H9NO/c1-3-10-6(8)5(2)9-4-7;7-5-6-3-1-2-4-6/h3-5,7-8H,1H2,2H3;5H,1-4H2. The van der Waals surface area contributed by atoms with Gasteiger partial charge in [-0.1, -0.05) is 18.3 Å². The van der Waals surface area contributed by atoms with E-state index in [1.807, 2.05) is 0 Å². The van der Waals surface area contributed by atoms with Gasteiger partial charge in [-0.25, -0.2) is 0 Å². The third kappa shape index (κ3) is 7.57. The number of hydrogen-bond acceptors (Lipinski definition) is 5. The third-order valence-electron chi connectivity index (χ3n) is 2.14. The van der Waals surface area contributed by atoms with Crippen LogP contribution in [-0.4, -0.2) is 41.9 Å². The lowest BCUT2D eigenvalue weighted by atomic mass is 10.4. The average molecular weight is 257 g/mol. The first-order valence-corrected chi connectivity index (χ1v) is 6.23. The van der Waals surface area contributed by atoms with Crippen LogP contribution in [0.3, 0.4) is 0 Å². The Kier molecular flexibility index (Phi) is 9.14. The number of likely N-dealkylation sites (tertiary alicyclic amines) is 1. The van der Waals surface area contributed by atoms with Crippen LogP contribution in [0.15, 0.2) is 12.0 Å². The van der Waals surface area contributed by atoms with Crippen LogP contribution in [0.25, 0.3) is 0 Å². The van der Waals surface area contributed by atoms with Crippen LogP contribution in [-0.2, 0) is 9.53 Å². The molecule has 1 saturated heterocycles. The minimum absolute atomic E-state index is 0.333. The molecule has 1 heterocycles. The second kappa shape index (κ2) is 9.89. The van der Waals surface area contributed by atoms with Crippen molar-refractivity contribution in [1.29, 1.82) is 10.8 Å². The molecular weight excluding hydrogens is 238 g/mol. The van der Waals surface area contributed by atoms with Crippen molar-refractivity contribution in [2.45, 2.75) is 25.9 Å². The van der Waals surface area contributed by atoms with E-state index in [0.717, 1.165) is 25.9 Å². The SMILES string of the molecule is C=CSC(=N)C(C)OC=N.O=CN1CCCC1. The van der Waals surface area contributed by atoms with E-state index in [2.05, 4.69) is 6.58 Å². The lowest BCUT2D eigenvalue weighted by Crippen LogP contribution is -2.15. The Morgan fingerprint density at radius 2 is 2.12 bits per heavy atom. The van der Waals surface area contributed by atoms with Crippen molar-refractivity contribution >= 4 is 29.6 Å². The summed E-state index contributed by atoms with van der Waals surface area (Å²) >= 11 is 1.20. The molecule has 1 atom stereocenters. The van der Waals surface area contributed by atoms with Gasteiger partial charge in [0, 0.05) is 13.1 Å². The lowest BCUT2D eigenvalue weighted by Gasteiger charge is -2.08. The van der Waals surface area contributed by atoms with Gasteiger partial charge in [-0.05, 0) is 25.2 Å². The number of carbonyl (C=O) groups excluding carboxylic acids is 1. The van der Waals surface area contributed by atoms with Gasteiger partial charge in [0.1, 0.15) is 11.1 Å². The normalized spacial score (nSPS) is 15.2. The summed E-state index contributed by atoms with van der Waals surface area (Å²) in [4.78, 5) is 11.7. The summed E-state index contributed by atoms with van der Waals surface area (Å²) in [6, 6.07) is 0. The maximum Gasteiger partial charge on any atom is 0.209 e. The molecule has 17 heavy (non-hydrogen) atoms. The van der Waals surface area contributed by atoms with E-state index in [1.165, 1.54) is 24.6 Å². The predicted molar refractivity (Wildman–Crippen MR) is 71.7 cm³/mol. The van der Waals surface area contributed by atoms with Crippen molar-refractivity contribution in [2.24, 2.45) is 0 Å². The molecule has 96 valence electrons. The highest BCUT2D eigenvalue weighted by atomic mass is 32.2. The maximum absolute atomic E-state index is 9.93. The number of thioether (sulfide) groups is 1. The van der Waals surface area contributed by atoms with Crippen molar-refractivity contribution in [2.75, 3.05) is 13.1 Å². The Balaban J connectivity index is 0.000000318. The zero-order valence-electron chi connectivity index (χ0n) is 10.0. The molecular formula is C11H19N3O2S. The number of nitrogens with zero attached hydrogens (tertiary/aromatic N) is 1. The van der Waals surface area contributed by atoms with Crippen LogP contribution in [0.5, 0.6) is 0 Å².